The minimum Gasteiger partial charge on any atom is -0.466 e. The first-order valence-electron chi connectivity index (χ1n) is 6.87. The van der Waals surface area contributed by atoms with Gasteiger partial charge in [0.25, 0.3) is 5.60 Å². The average Bonchev–Trinajstić information content (AvgIpc) is 2.54. The number of hydrogen-bond donors (Lipinski definition) is 0. The molecule has 2 aromatic carbocycles. The van der Waals surface area contributed by atoms with E-state index in [0.29, 0.717) is 11.9 Å². The number of carbonyl (C=O) groups excluding carboxylic acids is 1. The van der Waals surface area contributed by atoms with Gasteiger partial charge in [-0.2, -0.15) is 13.2 Å². The summed E-state index contributed by atoms with van der Waals surface area (Å²) in [6.07, 6.45) is -4.92. The van der Waals surface area contributed by atoms with Crippen LogP contribution in [0.4, 0.5) is 13.2 Å². The first-order chi connectivity index (χ1) is 11.2. The highest BCUT2D eigenvalue weighted by Crippen LogP contribution is 2.36. The molecule has 0 heterocycles. The van der Waals surface area contributed by atoms with E-state index in [4.69, 9.17) is 16.3 Å². The van der Waals surface area contributed by atoms with Crippen molar-refractivity contribution in [3.8, 4) is 16.9 Å². The predicted octanol–water partition coefficient (Wildman–Crippen LogP) is 4.88. The number of halogens is 4. The Bertz CT molecular complexity index is 711. The molecule has 0 saturated heterocycles. The molecule has 0 N–H and O–H groups in total. The van der Waals surface area contributed by atoms with Gasteiger partial charge in [0.2, 0.25) is 0 Å². The van der Waals surface area contributed by atoms with Gasteiger partial charge in [-0.05, 0) is 42.3 Å². The van der Waals surface area contributed by atoms with Gasteiger partial charge in [0.15, 0.2) is 0 Å². The van der Waals surface area contributed by atoms with Gasteiger partial charge in [-0.1, -0.05) is 35.9 Å². The molecule has 0 aliphatic heterocycles. The van der Waals surface area contributed by atoms with Crippen LogP contribution in [0.5, 0.6) is 5.75 Å². The summed E-state index contributed by atoms with van der Waals surface area (Å²) in [7, 11) is 0.874. The monoisotopic (exact) mass is 358 g/mol. The second-order valence-corrected chi connectivity index (χ2v) is 5.59. The van der Waals surface area contributed by atoms with Gasteiger partial charge in [0.05, 0.1) is 7.11 Å². The van der Waals surface area contributed by atoms with Gasteiger partial charge < -0.3 is 9.47 Å². The molecule has 128 valence electrons. The van der Waals surface area contributed by atoms with E-state index in [1.165, 1.54) is 12.1 Å². The van der Waals surface area contributed by atoms with E-state index < -0.39 is 17.7 Å². The van der Waals surface area contributed by atoms with E-state index in [2.05, 4.69) is 4.74 Å². The molecule has 2 aromatic rings. The minimum absolute atomic E-state index is 0.0991. The Morgan fingerprint density at radius 2 is 1.42 bits per heavy atom. The fourth-order valence-electron chi connectivity index (χ4n) is 2.00. The molecule has 1 unspecified atom stereocenters. The van der Waals surface area contributed by atoms with Crippen LogP contribution in [0.1, 0.15) is 6.92 Å². The lowest BCUT2D eigenvalue weighted by atomic mass is 10.0. The summed E-state index contributed by atoms with van der Waals surface area (Å²) in [5.74, 6) is -1.62. The Kier molecular flexibility index (Phi) is 5.08. The van der Waals surface area contributed by atoms with E-state index >= 15 is 0 Å². The summed E-state index contributed by atoms with van der Waals surface area (Å²) in [4.78, 5) is 11.5. The smallest absolute Gasteiger partial charge is 0.439 e. The zero-order chi connectivity index (χ0) is 18.0. The Balaban J connectivity index is 2.27. The van der Waals surface area contributed by atoms with Crippen LogP contribution in [-0.4, -0.2) is 24.9 Å². The lowest BCUT2D eigenvalue weighted by molar-refractivity contribution is -0.246. The second kappa shape index (κ2) is 6.73. The molecule has 0 aliphatic rings. The number of methoxy groups -OCH3 is 1. The van der Waals surface area contributed by atoms with Crippen molar-refractivity contribution in [3.05, 3.63) is 53.6 Å². The third kappa shape index (κ3) is 3.64. The fourth-order valence-corrected chi connectivity index (χ4v) is 2.13. The number of hydrogen-bond acceptors (Lipinski definition) is 3. The van der Waals surface area contributed by atoms with E-state index in [9.17, 15) is 18.0 Å². The highest BCUT2D eigenvalue weighted by molar-refractivity contribution is 6.30. The molecule has 0 fully saturated rings. The molecule has 0 amide bonds. The van der Waals surface area contributed by atoms with Crippen molar-refractivity contribution < 1.29 is 27.4 Å². The van der Waals surface area contributed by atoms with Crippen LogP contribution in [0.25, 0.3) is 11.1 Å². The number of ether oxygens (including phenoxy) is 2. The minimum atomic E-state index is -4.92. The van der Waals surface area contributed by atoms with Crippen molar-refractivity contribution in [2.45, 2.75) is 18.7 Å². The van der Waals surface area contributed by atoms with Crippen LogP contribution < -0.4 is 4.74 Å². The first kappa shape index (κ1) is 18.1. The highest BCUT2D eigenvalue weighted by Gasteiger charge is 2.60. The molecule has 7 heteroatoms. The molecule has 1 atom stereocenters. The van der Waals surface area contributed by atoms with Gasteiger partial charge in [-0.25, -0.2) is 4.79 Å². The summed E-state index contributed by atoms with van der Waals surface area (Å²) >= 11 is 5.81. The molecule has 0 radical (unpaired) electrons. The predicted molar refractivity (Wildman–Crippen MR) is 84.0 cm³/mol. The molecular weight excluding hydrogens is 345 g/mol. The summed E-state index contributed by atoms with van der Waals surface area (Å²) in [5, 5.41) is 0.581. The van der Waals surface area contributed by atoms with Crippen molar-refractivity contribution in [2.24, 2.45) is 0 Å². The van der Waals surface area contributed by atoms with Gasteiger partial charge >= 0.3 is 12.1 Å². The molecule has 2 rings (SSSR count). The van der Waals surface area contributed by atoms with Crippen LogP contribution in [0.2, 0.25) is 5.02 Å². The molecule has 0 spiro atoms. The average molecular weight is 359 g/mol. The molecular formula is C17H14ClF3O3. The van der Waals surface area contributed by atoms with Gasteiger partial charge in [0.1, 0.15) is 5.75 Å². The molecule has 0 aliphatic carbocycles. The van der Waals surface area contributed by atoms with E-state index in [-0.39, 0.29) is 5.75 Å². The normalized spacial score (nSPS) is 13.9. The third-order valence-electron chi connectivity index (χ3n) is 3.47. The number of rotatable bonds is 4. The topological polar surface area (TPSA) is 35.5 Å². The number of esters is 1. The van der Waals surface area contributed by atoms with Crippen LogP contribution in [0, 0.1) is 0 Å². The maximum Gasteiger partial charge on any atom is 0.439 e. The molecule has 24 heavy (non-hydrogen) atoms. The first-order valence-corrected chi connectivity index (χ1v) is 7.25. The maximum absolute atomic E-state index is 13.2. The molecule has 0 saturated carbocycles. The molecule has 0 aromatic heterocycles. The summed E-state index contributed by atoms with van der Waals surface area (Å²) < 4.78 is 48.6. The SMILES string of the molecule is COC(=O)C(C)(Oc1ccc(-c2ccc(Cl)cc2)cc1)C(F)(F)F. The second-order valence-electron chi connectivity index (χ2n) is 5.16. The molecule has 3 nitrogen and oxygen atoms in total. The Hall–Kier alpha value is -2.21. The van der Waals surface area contributed by atoms with E-state index in [1.807, 2.05) is 0 Å². The third-order valence-corrected chi connectivity index (χ3v) is 3.72. The zero-order valence-electron chi connectivity index (χ0n) is 12.9. The lowest BCUT2D eigenvalue weighted by Crippen LogP contribution is -2.54. The van der Waals surface area contributed by atoms with Crippen molar-refractivity contribution in [3.63, 3.8) is 0 Å². The van der Waals surface area contributed by atoms with Gasteiger partial charge in [-0.3, -0.25) is 0 Å². The van der Waals surface area contributed by atoms with Gasteiger partial charge in [0, 0.05) is 5.02 Å². The summed E-state index contributed by atoms with van der Waals surface area (Å²) in [5.41, 5.74) is -1.47. The maximum atomic E-state index is 13.2. The van der Waals surface area contributed by atoms with Crippen molar-refractivity contribution in [2.75, 3.05) is 7.11 Å². The lowest BCUT2D eigenvalue weighted by Gasteiger charge is -2.29. The van der Waals surface area contributed by atoms with E-state index in [0.717, 1.165) is 18.2 Å². The van der Waals surface area contributed by atoms with E-state index in [1.54, 1.807) is 36.4 Å². The molecule has 0 bridgehead atoms. The van der Waals surface area contributed by atoms with Gasteiger partial charge in [-0.15, -0.1) is 0 Å². The van der Waals surface area contributed by atoms with Crippen LogP contribution in [0.3, 0.4) is 0 Å². The summed E-state index contributed by atoms with van der Waals surface area (Å²) in [6.45, 7) is 0.631. The summed E-state index contributed by atoms with van der Waals surface area (Å²) in [6, 6.07) is 12.9. The highest BCUT2D eigenvalue weighted by atomic mass is 35.5. The quantitative estimate of drug-likeness (QED) is 0.731. The fraction of sp³-hybridized carbons (Fsp3) is 0.235. The van der Waals surface area contributed by atoms with Crippen LogP contribution in [0.15, 0.2) is 48.5 Å². The van der Waals surface area contributed by atoms with Crippen LogP contribution in [-0.2, 0) is 9.53 Å². The number of alkyl halides is 3. The Morgan fingerprint density at radius 3 is 1.83 bits per heavy atom. The zero-order valence-corrected chi connectivity index (χ0v) is 13.6. The largest absolute Gasteiger partial charge is 0.466 e. The van der Waals surface area contributed by atoms with Crippen molar-refractivity contribution in [1.82, 2.24) is 0 Å². The van der Waals surface area contributed by atoms with Crippen molar-refractivity contribution in [1.29, 1.82) is 0 Å². The Labute approximate surface area is 142 Å². The standard InChI is InChI=1S/C17H14ClF3O3/c1-16(15(22)23-2,17(19,20)21)24-14-9-5-12(6-10-14)11-3-7-13(18)8-4-11/h3-10H,1-2H3. The Morgan fingerprint density at radius 1 is 0.958 bits per heavy atom. The van der Waals surface area contributed by atoms with Crippen molar-refractivity contribution >= 4 is 17.6 Å². The van der Waals surface area contributed by atoms with Crippen LogP contribution >= 0.6 is 11.6 Å². The number of benzene rings is 2. The number of carbonyl (C=O) groups is 1.